The van der Waals surface area contributed by atoms with Crippen molar-refractivity contribution in [3.63, 3.8) is 0 Å². The Bertz CT molecular complexity index is 688. The zero-order chi connectivity index (χ0) is 15.2. The molecule has 5 heteroatoms. The second kappa shape index (κ2) is 6.85. The number of thiophene rings is 1. The maximum absolute atomic E-state index is 12.2. The van der Waals surface area contributed by atoms with Crippen LogP contribution < -0.4 is 5.32 Å². The first-order chi connectivity index (χ1) is 10.1. The van der Waals surface area contributed by atoms with E-state index >= 15 is 0 Å². The van der Waals surface area contributed by atoms with Crippen LogP contribution in [0.15, 0.2) is 42.5 Å². The third kappa shape index (κ3) is 4.03. The average molecular weight is 301 g/mol. The predicted octanol–water partition coefficient (Wildman–Crippen LogP) is 3.66. The van der Waals surface area contributed by atoms with E-state index < -0.39 is 5.97 Å². The van der Waals surface area contributed by atoms with E-state index in [1.165, 1.54) is 17.4 Å². The Morgan fingerprint density at radius 1 is 1.24 bits per heavy atom. The third-order valence-corrected chi connectivity index (χ3v) is 3.94. The largest absolute Gasteiger partial charge is 0.478 e. The Balaban J connectivity index is 2.12. The molecule has 0 aliphatic heterocycles. The highest BCUT2D eigenvalue weighted by molar-refractivity contribution is 7.15. The summed E-state index contributed by atoms with van der Waals surface area (Å²) in [7, 11) is 0. The van der Waals surface area contributed by atoms with E-state index in [-0.39, 0.29) is 5.91 Å². The molecule has 1 aromatic heterocycles. The van der Waals surface area contributed by atoms with E-state index in [0.717, 1.165) is 28.6 Å². The van der Waals surface area contributed by atoms with E-state index in [4.69, 9.17) is 5.11 Å². The van der Waals surface area contributed by atoms with Gasteiger partial charge in [-0.3, -0.25) is 4.79 Å². The zero-order valence-corrected chi connectivity index (χ0v) is 12.3. The zero-order valence-electron chi connectivity index (χ0n) is 11.5. The van der Waals surface area contributed by atoms with Gasteiger partial charge in [-0.15, -0.1) is 11.3 Å². The summed E-state index contributed by atoms with van der Waals surface area (Å²) in [4.78, 5) is 23.9. The van der Waals surface area contributed by atoms with Gasteiger partial charge in [0.15, 0.2) is 0 Å². The van der Waals surface area contributed by atoms with Gasteiger partial charge >= 0.3 is 5.97 Å². The van der Waals surface area contributed by atoms with Crippen LogP contribution in [0.2, 0.25) is 0 Å². The molecular formula is C16H15NO3S. The summed E-state index contributed by atoms with van der Waals surface area (Å²) in [6, 6.07) is 11.1. The molecule has 0 bridgehead atoms. The van der Waals surface area contributed by atoms with Crippen molar-refractivity contribution in [3.05, 3.63) is 57.8 Å². The van der Waals surface area contributed by atoms with Gasteiger partial charge in [0.05, 0.1) is 4.88 Å². The molecule has 0 radical (unpaired) electrons. The summed E-state index contributed by atoms with van der Waals surface area (Å²) >= 11 is 1.25. The van der Waals surface area contributed by atoms with Crippen LogP contribution in [0.3, 0.4) is 0 Å². The standard InChI is InChI=1S/C16H15NO3S/c1-2-11-5-3-4-6-13(11)17-16(20)14-9-7-12(21-14)8-10-15(18)19/h3-10H,2H2,1H3,(H,17,20)(H,18,19). The SMILES string of the molecule is CCc1ccccc1NC(=O)c1ccc(C=CC(=O)O)s1. The molecule has 2 rings (SSSR count). The summed E-state index contributed by atoms with van der Waals surface area (Å²) < 4.78 is 0. The van der Waals surface area contributed by atoms with Gasteiger partial charge in [0, 0.05) is 16.6 Å². The van der Waals surface area contributed by atoms with Crippen LogP contribution in [-0.4, -0.2) is 17.0 Å². The van der Waals surface area contributed by atoms with Gasteiger partial charge in [-0.1, -0.05) is 25.1 Å². The fourth-order valence-corrected chi connectivity index (χ4v) is 2.66. The first kappa shape index (κ1) is 15.0. The predicted molar refractivity (Wildman–Crippen MR) is 84.8 cm³/mol. The van der Waals surface area contributed by atoms with E-state index in [2.05, 4.69) is 5.32 Å². The molecule has 1 heterocycles. The lowest BCUT2D eigenvalue weighted by Crippen LogP contribution is -2.11. The van der Waals surface area contributed by atoms with Crippen molar-refractivity contribution >= 4 is 35.0 Å². The van der Waals surface area contributed by atoms with Crippen molar-refractivity contribution in [2.45, 2.75) is 13.3 Å². The van der Waals surface area contributed by atoms with Crippen LogP contribution >= 0.6 is 11.3 Å². The highest BCUT2D eigenvalue weighted by Crippen LogP contribution is 2.21. The van der Waals surface area contributed by atoms with Gasteiger partial charge in [0.25, 0.3) is 5.91 Å². The lowest BCUT2D eigenvalue weighted by atomic mass is 10.1. The minimum atomic E-state index is -1.01. The quantitative estimate of drug-likeness (QED) is 0.828. The lowest BCUT2D eigenvalue weighted by molar-refractivity contribution is -0.131. The first-order valence-electron chi connectivity index (χ1n) is 6.50. The Labute approximate surface area is 126 Å². The molecule has 0 unspecified atom stereocenters. The smallest absolute Gasteiger partial charge is 0.328 e. The molecule has 2 aromatic rings. The molecule has 0 aliphatic rings. The van der Waals surface area contributed by atoms with Crippen molar-refractivity contribution in [1.82, 2.24) is 0 Å². The number of benzene rings is 1. The Kier molecular flexibility index (Phi) is 4.90. The molecule has 1 amide bonds. The normalized spacial score (nSPS) is 10.7. The number of para-hydroxylation sites is 1. The van der Waals surface area contributed by atoms with Crippen molar-refractivity contribution in [1.29, 1.82) is 0 Å². The summed E-state index contributed by atoms with van der Waals surface area (Å²) in [5.74, 6) is -1.19. The third-order valence-electron chi connectivity index (χ3n) is 2.89. The maximum atomic E-state index is 12.2. The van der Waals surface area contributed by atoms with Gasteiger partial charge in [0.1, 0.15) is 0 Å². The minimum absolute atomic E-state index is 0.184. The first-order valence-corrected chi connectivity index (χ1v) is 7.32. The van der Waals surface area contributed by atoms with Crippen LogP contribution in [0, 0.1) is 0 Å². The van der Waals surface area contributed by atoms with Gasteiger partial charge in [-0.05, 0) is 36.3 Å². The number of carbonyl (C=O) groups excluding carboxylic acids is 1. The number of carboxylic acid groups (broad SMARTS) is 1. The topological polar surface area (TPSA) is 66.4 Å². The average Bonchev–Trinajstić information content (AvgIpc) is 2.94. The second-order valence-electron chi connectivity index (χ2n) is 4.34. The van der Waals surface area contributed by atoms with E-state index in [9.17, 15) is 9.59 Å². The van der Waals surface area contributed by atoms with E-state index in [0.29, 0.717) is 4.88 Å². The van der Waals surface area contributed by atoms with Crippen LogP contribution in [0.25, 0.3) is 6.08 Å². The number of hydrogen-bond acceptors (Lipinski definition) is 3. The fourth-order valence-electron chi connectivity index (χ4n) is 1.85. The summed E-state index contributed by atoms with van der Waals surface area (Å²) in [5, 5.41) is 11.5. The highest BCUT2D eigenvalue weighted by atomic mass is 32.1. The van der Waals surface area contributed by atoms with Crippen LogP contribution in [-0.2, 0) is 11.2 Å². The Morgan fingerprint density at radius 3 is 2.71 bits per heavy atom. The summed E-state index contributed by atoms with van der Waals surface area (Å²) in [5.41, 5.74) is 1.88. The maximum Gasteiger partial charge on any atom is 0.328 e. The molecule has 0 saturated heterocycles. The molecule has 21 heavy (non-hydrogen) atoms. The van der Waals surface area contributed by atoms with Gasteiger partial charge < -0.3 is 10.4 Å². The number of carboxylic acids is 1. The summed E-state index contributed by atoms with van der Waals surface area (Å²) in [6.07, 6.45) is 3.37. The number of nitrogens with one attached hydrogen (secondary N) is 1. The Hall–Kier alpha value is -2.40. The molecule has 2 N–H and O–H groups in total. The molecular weight excluding hydrogens is 286 g/mol. The number of anilines is 1. The molecule has 0 atom stereocenters. The molecule has 0 fully saturated rings. The molecule has 1 aromatic carbocycles. The van der Waals surface area contributed by atoms with Crippen LogP contribution in [0.1, 0.15) is 27.0 Å². The molecule has 4 nitrogen and oxygen atoms in total. The Morgan fingerprint density at radius 2 is 2.00 bits per heavy atom. The van der Waals surface area contributed by atoms with Gasteiger partial charge in [-0.2, -0.15) is 0 Å². The molecule has 0 saturated carbocycles. The number of carbonyl (C=O) groups is 2. The van der Waals surface area contributed by atoms with Crippen molar-refractivity contribution in [2.75, 3.05) is 5.32 Å². The van der Waals surface area contributed by atoms with Gasteiger partial charge in [-0.25, -0.2) is 4.79 Å². The number of hydrogen-bond donors (Lipinski definition) is 2. The molecule has 0 aliphatic carbocycles. The van der Waals surface area contributed by atoms with Crippen LogP contribution in [0.5, 0.6) is 0 Å². The van der Waals surface area contributed by atoms with Crippen LogP contribution in [0.4, 0.5) is 5.69 Å². The van der Waals surface area contributed by atoms with Crippen molar-refractivity contribution in [2.24, 2.45) is 0 Å². The summed E-state index contributed by atoms with van der Waals surface area (Å²) in [6.45, 7) is 2.03. The molecule has 0 spiro atoms. The monoisotopic (exact) mass is 301 g/mol. The highest BCUT2D eigenvalue weighted by Gasteiger charge is 2.10. The minimum Gasteiger partial charge on any atom is -0.478 e. The number of aryl methyl sites for hydroxylation is 1. The van der Waals surface area contributed by atoms with Gasteiger partial charge in [0.2, 0.25) is 0 Å². The van der Waals surface area contributed by atoms with Crippen molar-refractivity contribution < 1.29 is 14.7 Å². The lowest BCUT2D eigenvalue weighted by Gasteiger charge is -2.08. The fraction of sp³-hybridized carbons (Fsp3) is 0.125. The number of rotatable bonds is 5. The number of aliphatic carboxylic acids is 1. The van der Waals surface area contributed by atoms with E-state index in [1.54, 1.807) is 12.1 Å². The second-order valence-corrected chi connectivity index (χ2v) is 5.45. The molecule has 108 valence electrons. The van der Waals surface area contributed by atoms with Crippen molar-refractivity contribution in [3.8, 4) is 0 Å². The number of amides is 1. The van der Waals surface area contributed by atoms with E-state index in [1.807, 2.05) is 31.2 Å².